The third kappa shape index (κ3) is 14.9. The summed E-state index contributed by atoms with van der Waals surface area (Å²) in [5.41, 5.74) is 0. The Hall–Kier alpha value is -1.67. The van der Waals surface area contributed by atoms with Crippen molar-refractivity contribution < 1.29 is 54.4 Å². The molecule has 3 aliphatic rings. The third-order valence-corrected chi connectivity index (χ3v) is 12.7. The van der Waals surface area contributed by atoms with E-state index in [4.69, 9.17) is 18.9 Å². The van der Waals surface area contributed by atoms with E-state index in [0.29, 0.717) is 51.4 Å². The van der Waals surface area contributed by atoms with Crippen LogP contribution in [0.1, 0.15) is 125 Å². The van der Waals surface area contributed by atoms with Gasteiger partial charge < -0.3 is 49.6 Å². The molecule has 0 aromatic rings. The average molecular weight is 781 g/mol. The predicted octanol–water partition coefficient (Wildman–Crippen LogP) is 5.77. The minimum Gasteiger partial charge on any atom is -0.459 e. The van der Waals surface area contributed by atoms with Gasteiger partial charge in [-0.1, -0.05) is 65.0 Å². The second-order valence-electron chi connectivity index (χ2n) is 17.1. The van der Waals surface area contributed by atoms with Crippen molar-refractivity contribution in [1.29, 1.82) is 0 Å². The predicted molar refractivity (Wildman–Crippen MR) is 213 cm³/mol. The maximum Gasteiger partial charge on any atom is 0.330 e. The molecule has 3 aliphatic heterocycles. The zero-order chi connectivity index (χ0) is 40.7. The number of aliphatic hydroxyl groups is 6. The molecule has 1 spiro atoms. The number of hydrogen-bond donors (Lipinski definition) is 6. The number of hydrogen-bond acceptors (Lipinski definition) is 11. The van der Waals surface area contributed by atoms with E-state index in [2.05, 4.69) is 19.9 Å². The van der Waals surface area contributed by atoms with E-state index in [1.54, 1.807) is 26.8 Å². The highest BCUT2D eigenvalue weighted by Gasteiger charge is 2.52. The minimum atomic E-state index is -0.981. The maximum absolute atomic E-state index is 13.6. The Kier molecular flexibility index (Phi) is 20.5. The Labute approximate surface area is 331 Å². The van der Waals surface area contributed by atoms with Crippen LogP contribution in [0.15, 0.2) is 36.5 Å². The van der Waals surface area contributed by atoms with Crippen molar-refractivity contribution >= 4 is 5.97 Å². The van der Waals surface area contributed by atoms with Crippen LogP contribution in [0.5, 0.6) is 0 Å². The lowest BCUT2D eigenvalue weighted by Crippen LogP contribution is -2.58. The van der Waals surface area contributed by atoms with Crippen LogP contribution in [0.3, 0.4) is 0 Å². The van der Waals surface area contributed by atoms with Crippen molar-refractivity contribution in [1.82, 2.24) is 0 Å². The largest absolute Gasteiger partial charge is 0.459 e. The fourth-order valence-electron chi connectivity index (χ4n) is 8.64. The highest BCUT2D eigenvalue weighted by atomic mass is 16.7. The van der Waals surface area contributed by atoms with Crippen molar-refractivity contribution in [2.45, 2.75) is 186 Å². The number of carbonyl (C=O) groups excluding carboxylic acids is 1. The van der Waals surface area contributed by atoms with E-state index >= 15 is 0 Å². The quantitative estimate of drug-likeness (QED) is 0.173. The summed E-state index contributed by atoms with van der Waals surface area (Å²) in [6.45, 7) is 11.4. The summed E-state index contributed by atoms with van der Waals surface area (Å²) in [6, 6.07) is 0. The molecule has 0 aromatic heterocycles. The van der Waals surface area contributed by atoms with Gasteiger partial charge in [0.15, 0.2) is 5.79 Å². The first-order chi connectivity index (χ1) is 26.1. The lowest BCUT2D eigenvalue weighted by atomic mass is 9.78. The van der Waals surface area contributed by atoms with Crippen LogP contribution in [0, 0.1) is 35.5 Å². The van der Waals surface area contributed by atoms with Gasteiger partial charge in [-0.05, 0) is 89.4 Å². The van der Waals surface area contributed by atoms with Crippen LogP contribution in [-0.4, -0.2) is 111 Å². The number of allylic oxidation sites excluding steroid dienone is 4. The van der Waals surface area contributed by atoms with E-state index in [0.717, 1.165) is 19.3 Å². The standard InChI is InChI=1S/C44H76O11/c1-8-33-14-11-9-10-12-16-36(47)31(5)37(48)25-34(52-7)26-38(49)32(6)43(51)29(3)17-20-42(50)53-41-27-44(22-21-28(2)40(55-44)24-30(4)46)54-39(19-18-33)35(41)15-13-23-45/h9-11,14,17,20,28-41,43,45-49,51H,8,12-13,15-16,18-19,21-27H2,1-7H3/b10-9+,14-11+,20-17+/t28-,29-,30+,31+,32-,33-,34+,35+,36+,37?,38+,39-,40-,41-,43+,44-/m0/s1. The molecule has 3 rings (SSSR count). The second-order valence-corrected chi connectivity index (χ2v) is 17.1. The Morgan fingerprint density at radius 3 is 2.27 bits per heavy atom. The van der Waals surface area contributed by atoms with Crippen molar-refractivity contribution in [3.63, 3.8) is 0 Å². The molecule has 0 aromatic carbocycles. The molecule has 0 aliphatic carbocycles. The molecule has 1 unspecified atom stereocenters. The Morgan fingerprint density at radius 1 is 0.909 bits per heavy atom. The lowest BCUT2D eigenvalue weighted by Gasteiger charge is -2.52. The molecule has 2 fully saturated rings. The van der Waals surface area contributed by atoms with Gasteiger partial charge in [0.2, 0.25) is 0 Å². The maximum atomic E-state index is 13.6. The average Bonchev–Trinajstić information content (AvgIpc) is 3.15. The fourth-order valence-corrected chi connectivity index (χ4v) is 8.64. The van der Waals surface area contributed by atoms with E-state index in [-0.39, 0.29) is 49.4 Å². The summed E-state index contributed by atoms with van der Waals surface area (Å²) in [4.78, 5) is 13.6. The van der Waals surface area contributed by atoms with Crippen molar-refractivity contribution in [2.75, 3.05) is 13.7 Å². The Balaban J connectivity index is 1.95. The molecule has 11 heteroatoms. The van der Waals surface area contributed by atoms with E-state index in [1.165, 1.54) is 13.2 Å². The highest BCUT2D eigenvalue weighted by molar-refractivity contribution is 5.82. The van der Waals surface area contributed by atoms with Crippen LogP contribution < -0.4 is 0 Å². The molecule has 2 bridgehead atoms. The lowest BCUT2D eigenvalue weighted by molar-refractivity contribution is -0.349. The summed E-state index contributed by atoms with van der Waals surface area (Å²) in [7, 11) is 1.52. The number of esters is 1. The van der Waals surface area contributed by atoms with Gasteiger partial charge >= 0.3 is 5.97 Å². The molecular weight excluding hydrogens is 704 g/mol. The molecule has 6 N–H and O–H groups in total. The molecule has 0 saturated carbocycles. The monoisotopic (exact) mass is 781 g/mol. The summed E-state index contributed by atoms with van der Waals surface area (Å²) >= 11 is 0. The van der Waals surface area contributed by atoms with Crippen LogP contribution in [0.2, 0.25) is 0 Å². The van der Waals surface area contributed by atoms with Crippen LogP contribution >= 0.6 is 0 Å². The van der Waals surface area contributed by atoms with Crippen molar-refractivity contribution in [3.8, 4) is 0 Å². The first-order valence-electron chi connectivity index (χ1n) is 21.2. The van der Waals surface area contributed by atoms with Crippen molar-refractivity contribution in [3.05, 3.63) is 36.5 Å². The van der Waals surface area contributed by atoms with Gasteiger partial charge in [-0.25, -0.2) is 4.79 Å². The molecule has 11 nitrogen and oxygen atoms in total. The van der Waals surface area contributed by atoms with Gasteiger partial charge in [-0.2, -0.15) is 0 Å². The van der Waals surface area contributed by atoms with Gasteiger partial charge in [-0.3, -0.25) is 0 Å². The molecule has 3 heterocycles. The summed E-state index contributed by atoms with van der Waals surface area (Å²) in [5, 5.41) is 64.3. The van der Waals surface area contributed by atoms with Crippen LogP contribution in [0.25, 0.3) is 0 Å². The topological polar surface area (TPSA) is 175 Å². The van der Waals surface area contributed by atoms with Gasteiger partial charge in [0.25, 0.3) is 0 Å². The smallest absolute Gasteiger partial charge is 0.330 e. The number of carbonyl (C=O) groups is 1. The van der Waals surface area contributed by atoms with Crippen molar-refractivity contribution in [2.24, 2.45) is 35.5 Å². The molecule has 0 amide bonds. The van der Waals surface area contributed by atoms with Gasteiger partial charge in [0.05, 0.1) is 48.8 Å². The minimum absolute atomic E-state index is 0.00710. The van der Waals surface area contributed by atoms with Gasteiger partial charge in [0.1, 0.15) is 6.10 Å². The van der Waals surface area contributed by atoms with Crippen LogP contribution in [0.4, 0.5) is 0 Å². The SMILES string of the molecule is CC[C@H]1/C=C/C=C/CC[C@@H](O)[C@@H](C)C(O)C[C@@H](OC)C[C@@H](O)[C@H](C)[C@H](O)[C@@H](C)/C=C/C(=O)O[C@H]2C[C@@]3(CC[C@H](C)[C@H](C[C@@H](C)O)O3)O[C@@H](CC1)[C@H]2CCCO. The van der Waals surface area contributed by atoms with Gasteiger partial charge in [0, 0.05) is 56.3 Å². The number of methoxy groups -OCH3 is 1. The highest BCUT2D eigenvalue weighted by Crippen LogP contribution is 2.47. The molecule has 2 saturated heterocycles. The first-order valence-corrected chi connectivity index (χ1v) is 21.2. The normalized spacial score (nSPS) is 43.3. The fraction of sp³-hybridized carbons (Fsp3) is 0.841. The zero-order valence-electron chi connectivity index (χ0n) is 34.7. The number of fused-ring (bicyclic) bond motifs is 2. The second kappa shape index (κ2) is 23.7. The summed E-state index contributed by atoms with van der Waals surface area (Å²) < 4.78 is 25.6. The third-order valence-electron chi connectivity index (χ3n) is 12.7. The molecule has 16 atom stereocenters. The molecule has 318 valence electrons. The molecule has 55 heavy (non-hydrogen) atoms. The van der Waals surface area contributed by atoms with Crippen LogP contribution in [-0.2, 0) is 23.7 Å². The van der Waals surface area contributed by atoms with E-state index in [1.807, 2.05) is 25.2 Å². The van der Waals surface area contributed by atoms with Gasteiger partial charge in [-0.15, -0.1) is 0 Å². The summed E-state index contributed by atoms with van der Waals surface area (Å²) in [6.07, 6.45) is 13.1. The zero-order valence-corrected chi connectivity index (χ0v) is 34.7. The number of aliphatic hydroxyl groups excluding tert-OH is 6. The molecular formula is C44H76O11. The first kappa shape index (κ1) is 47.7. The van der Waals surface area contributed by atoms with E-state index < -0.39 is 72.2 Å². The number of ether oxygens (including phenoxy) is 4. The Morgan fingerprint density at radius 2 is 1.62 bits per heavy atom. The summed E-state index contributed by atoms with van der Waals surface area (Å²) in [5.74, 6) is -2.65. The van der Waals surface area contributed by atoms with E-state index in [9.17, 15) is 35.4 Å². The number of rotatable bonds is 7. The molecule has 0 radical (unpaired) electrons. The Bertz CT molecular complexity index is 1190.